The monoisotopic (exact) mass is 346 g/mol. The van der Waals surface area contributed by atoms with Gasteiger partial charge in [-0.2, -0.15) is 4.98 Å². The van der Waals surface area contributed by atoms with E-state index >= 15 is 0 Å². The number of amides is 1. The van der Waals surface area contributed by atoms with Gasteiger partial charge in [0.05, 0.1) is 18.8 Å². The van der Waals surface area contributed by atoms with Gasteiger partial charge in [0.1, 0.15) is 0 Å². The molecule has 1 fully saturated rings. The van der Waals surface area contributed by atoms with Crippen molar-refractivity contribution >= 4 is 29.0 Å². The lowest BCUT2D eigenvalue weighted by Crippen LogP contribution is -2.51. The second-order valence-electron chi connectivity index (χ2n) is 5.80. The summed E-state index contributed by atoms with van der Waals surface area (Å²) in [5.74, 6) is 1.11. The highest BCUT2D eigenvalue weighted by Crippen LogP contribution is 2.29. The summed E-state index contributed by atoms with van der Waals surface area (Å²) in [7, 11) is 0. The molecule has 2 heterocycles. The molecule has 2 aromatic rings. The van der Waals surface area contributed by atoms with E-state index in [-0.39, 0.29) is 23.8 Å². The summed E-state index contributed by atoms with van der Waals surface area (Å²) >= 11 is 5.93. The van der Waals surface area contributed by atoms with E-state index < -0.39 is 0 Å². The topological polar surface area (TPSA) is 58.6 Å². The third kappa shape index (κ3) is 3.59. The molecular formula is C17H19ClN4O2. The van der Waals surface area contributed by atoms with Crippen LogP contribution in [0.15, 0.2) is 36.5 Å². The average molecular weight is 347 g/mol. The Morgan fingerprint density at radius 3 is 2.62 bits per heavy atom. The number of anilines is 2. The zero-order valence-electron chi connectivity index (χ0n) is 13.6. The normalized spacial score (nSPS) is 15.1. The minimum Gasteiger partial charge on any atom is -0.486 e. The summed E-state index contributed by atoms with van der Waals surface area (Å²) in [6.07, 6.45) is 1.54. The molecule has 1 aliphatic heterocycles. The molecule has 0 spiro atoms. The van der Waals surface area contributed by atoms with Gasteiger partial charge in [-0.05, 0) is 37.6 Å². The molecule has 0 unspecified atom stereocenters. The third-order valence-electron chi connectivity index (χ3n) is 3.66. The fourth-order valence-corrected chi connectivity index (χ4v) is 2.77. The maximum Gasteiger partial charge on any atom is 0.246 e. The van der Waals surface area contributed by atoms with Gasteiger partial charge in [0.25, 0.3) is 0 Å². The highest BCUT2D eigenvalue weighted by Gasteiger charge is 2.28. The fraction of sp³-hybridized carbons (Fsp3) is 0.353. The van der Waals surface area contributed by atoms with Gasteiger partial charge in [0, 0.05) is 18.8 Å². The van der Waals surface area contributed by atoms with E-state index in [1.807, 2.05) is 49.1 Å². The maximum absolute atomic E-state index is 12.6. The van der Waals surface area contributed by atoms with Crippen LogP contribution in [-0.2, 0) is 4.79 Å². The molecule has 0 radical (unpaired) electrons. The highest BCUT2D eigenvalue weighted by atomic mass is 35.5. The van der Waals surface area contributed by atoms with Gasteiger partial charge in [0.2, 0.25) is 11.2 Å². The van der Waals surface area contributed by atoms with Crippen molar-refractivity contribution in [1.29, 1.82) is 0 Å². The molecule has 1 saturated heterocycles. The van der Waals surface area contributed by atoms with Crippen LogP contribution in [0, 0.1) is 0 Å². The molecule has 1 amide bonds. The summed E-state index contributed by atoms with van der Waals surface area (Å²) < 4.78 is 5.75. The second kappa shape index (κ2) is 7.05. The van der Waals surface area contributed by atoms with Gasteiger partial charge in [0.15, 0.2) is 11.6 Å². The number of hydrogen-bond acceptors (Lipinski definition) is 5. The lowest BCUT2D eigenvalue weighted by molar-refractivity contribution is -0.117. The lowest BCUT2D eigenvalue weighted by atomic mass is 10.2. The number of piperazine rings is 1. The molecule has 6 nitrogen and oxygen atoms in total. The molecule has 0 N–H and O–H groups in total. The van der Waals surface area contributed by atoms with E-state index in [0.717, 1.165) is 5.69 Å². The molecule has 3 rings (SSSR count). The first-order chi connectivity index (χ1) is 11.5. The number of para-hydroxylation sites is 1. The standard InChI is InChI=1S/C17H19ClN4O2/c1-12(2)24-14-10-19-17(18)20-16(14)21-8-9-22(15(23)11-21)13-6-4-3-5-7-13/h3-7,10,12H,8-9,11H2,1-2H3. The number of halogens is 1. The Bertz CT molecular complexity index is 724. The maximum atomic E-state index is 12.6. The van der Waals surface area contributed by atoms with Crippen LogP contribution in [0.1, 0.15) is 13.8 Å². The van der Waals surface area contributed by atoms with Crippen molar-refractivity contribution in [2.24, 2.45) is 0 Å². The van der Waals surface area contributed by atoms with E-state index in [2.05, 4.69) is 9.97 Å². The van der Waals surface area contributed by atoms with Crippen molar-refractivity contribution < 1.29 is 9.53 Å². The predicted molar refractivity (Wildman–Crippen MR) is 93.8 cm³/mol. The van der Waals surface area contributed by atoms with E-state index in [9.17, 15) is 4.79 Å². The molecule has 126 valence electrons. The molecule has 24 heavy (non-hydrogen) atoms. The van der Waals surface area contributed by atoms with Crippen molar-refractivity contribution in [3.63, 3.8) is 0 Å². The molecular weight excluding hydrogens is 328 g/mol. The molecule has 0 saturated carbocycles. The Hall–Kier alpha value is -2.34. The average Bonchev–Trinajstić information content (AvgIpc) is 2.57. The molecule has 1 aromatic heterocycles. The summed E-state index contributed by atoms with van der Waals surface area (Å²) in [5.41, 5.74) is 0.904. The number of nitrogens with zero attached hydrogens (tertiary/aromatic N) is 4. The van der Waals surface area contributed by atoms with E-state index in [4.69, 9.17) is 16.3 Å². The quantitative estimate of drug-likeness (QED) is 0.797. The number of ether oxygens (including phenoxy) is 1. The number of rotatable bonds is 4. The number of hydrogen-bond donors (Lipinski definition) is 0. The summed E-state index contributed by atoms with van der Waals surface area (Å²) in [6, 6.07) is 9.65. The van der Waals surface area contributed by atoms with Gasteiger partial charge >= 0.3 is 0 Å². The van der Waals surface area contributed by atoms with Crippen molar-refractivity contribution in [1.82, 2.24) is 9.97 Å². The third-order valence-corrected chi connectivity index (χ3v) is 3.84. The summed E-state index contributed by atoms with van der Waals surface area (Å²) in [6.45, 7) is 5.29. The van der Waals surface area contributed by atoms with Crippen molar-refractivity contribution in [2.75, 3.05) is 29.4 Å². The SMILES string of the molecule is CC(C)Oc1cnc(Cl)nc1N1CCN(c2ccccc2)C(=O)C1. The molecule has 7 heteroatoms. The van der Waals surface area contributed by atoms with E-state index in [1.54, 1.807) is 11.1 Å². The molecule has 0 atom stereocenters. The van der Waals surface area contributed by atoms with Gasteiger partial charge in [-0.25, -0.2) is 4.98 Å². The minimum absolute atomic E-state index is 0.0117. The number of aromatic nitrogens is 2. The summed E-state index contributed by atoms with van der Waals surface area (Å²) in [4.78, 5) is 24.5. The van der Waals surface area contributed by atoms with Crippen LogP contribution in [0.5, 0.6) is 5.75 Å². The number of carbonyl (C=O) groups excluding carboxylic acids is 1. The van der Waals surface area contributed by atoms with Crippen molar-refractivity contribution in [3.05, 3.63) is 41.8 Å². The van der Waals surface area contributed by atoms with Crippen LogP contribution in [0.4, 0.5) is 11.5 Å². The van der Waals surface area contributed by atoms with Crippen molar-refractivity contribution in [3.8, 4) is 5.75 Å². The molecule has 0 aliphatic carbocycles. The molecule has 0 bridgehead atoms. The molecule has 1 aliphatic rings. The first-order valence-corrected chi connectivity index (χ1v) is 8.22. The van der Waals surface area contributed by atoms with Crippen LogP contribution in [0.2, 0.25) is 5.28 Å². The van der Waals surface area contributed by atoms with Crippen LogP contribution in [0.25, 0.3) is 0 Å². The minimum atomic E-state index is -0.0187. The Labute approximate surface area is 146 Å². The Morgan fingerprint density at radius 2 is 1.96 bits per heavy atom. The Morgan fingerprint density at radius 1 is 1.21 bits per heavy atom. The van der Waals surface area contributed by atoms with Gasteiger partial charge in [-0.15, -0.1) is 0 Å². The first-order valence-electron chi connectivity index (χ1n) is 7.84. The second-order valence-corrected chi connectivity index (χ2v) is 6.13. The van der Waals surface area contributed by atoms with Gasteiger partial charge in [-0.3, -0.25) is 4.79 Å². The smallest absolute Gasteiger partial charge is 0.246 e. The van der Waals surface area contributed by atoms with E-state index in [1.165, 1.54) is 0 Å². The summed E-state index contributed by atoms with van der Waals surface area (Å²) in [5, 5.41) is 0.138. The van der Waals surface area contributed by atoms with Crippen LogP contribution in [-0.4, -0.2) is 41.6 Å². The Balaban J connectivity index is 1.81. The van der Waals surface area contributed by atoms with Crippen molar-refractivity contribution in [2.45, 2.75) is 20.0 Å². The van der Waals surface area contributed by atoms with Crippen LogP contribution < -0.4 is 14.5 Å². The zero-order valence-corrected chi connectivity index (χ0v) is 14.4. The van der Waals surface area contributed by atoms with Gasteiger partial charge < -0.3 is 14.5 Å². The fourth-order valence-electron chi connectivity index (χ4n) is 2.64. The highest BCUT2D eigenvalue weighted by molar-refractivity contribution is 6.28. The molecule has 1 aromatic carbocycles. The number of carbonyl (C=O) groups is 1. The lowest BCUT2D eigenvalue weighted by Gasteiger charge is -2.35. The Kier molecular flexibility index (Phi) is 4.85. The van der Waals surface area contributed by atoms with Gasteiger partial charge in [-0.1, -0.05) is 18.2 Å². The van der Waals surface area contributed by atoms with Crippen LogP contribution in [0.3, 0.4) is 0 Å². The van der Waals surface area contributed by atoms with E-state index in [0.29, 0.717) is 24.7 Å². The largest absolute Gasteiger partial charge is 0.486 e. The first kappa shape index (κ1) is 16.5. The zero-order chi connectivity index (χ0) is 17.1. The van der Waals surface area contributed by atoms with Crippen LogP contribution >= 0.6 is 11.6 Å². The number of benzene rings is 1. The predicted octanol–water partition coefficient (Wildman–Crippen LogP) is 2.77.